The average Bonchev–Trinajstić information content (AvgIpc) is 2.25. The molecule has 0 aromatic heterocycles. The normalized spacial score (nSPS) is 15.2. The summed E-state index contributed by atoms with van der Waals surface area (Å²) in [5, 5.41) is 13.0. The van der Waals surface area contributed by atoms with E-state index >= 15 is 0 Å². The van der Waals surface area contributed by atoms with E-state index in [9.17, 15) is 5.11 Å². The summed E-state index contributed by atoms with van der Waals surface area (Å²) in [5.74, 6) is 0. The summed E-state index contributed by atoms with van der Waals surface area (Å²) in [5.41, 5.74) is 0. The lowest BCUT2D eigenvalue weighted by Crippen LogP contribution is -2.37. The average molecular weight is 215 g/mol. The van der Waals surface area contributed by atoms with Crippen molar-refractivity contribution in [1.29, 1.82) is 0 Å². The van der Waals surface area contributed by atoms with Crippen LogP contribution < -0.4 is 5.32 Å². The zero-order valence-corrected chi connectivity index (χ0v) is 10.8. The Balaban J connectivity index is 3.57. The minimum Gasteiger partial charge on any atom is -0.379 e. The first-order chi connectivity index (χ1) is 7.24. The van der Waals surface area contributed by atoms with Gasteiger partial charge in [-0.3, -0.25) is 5.32 Å². The van der Waals surface area contributed by atoms with Crippen molar-refractivity contribution in [1.82, 2.24) is 5.32 Å². The molecular formula is C13H29NO. The third-order valence-electron chi connectivity index (χ3n) is 2.91. The van der Waals surface area contributed by atoms with Gasteiger partial charge in [-0.15, -0.1) is 0 Å². The predicted molar refractivity (Wildman–Crippen MR) is 66.9 cm³/mol. The molecule has 0 heterocycles. The van der Waals surface area contributed by atoms with Crippen LogP contribution in [0.2, 0.25) is 0 Å². The van der Waals surface area contributed by atoms with E-state index in [2.05, 4.69) is 26.1 Å². The number of rotatable bonds is 10. The Morgan fingerprint density at radius 3 is 2.13 bits per heavy atom. The van der Waals surface area contributed by atoms with Crippen LogP contribution >= 0.6 is 0 Å². The van der Waals surface area contributed by atoms with Crippen molar-refractivity contribution < 1.29 is 5.11 Å². The molecule has 2 nitrogen and oxygen atoms in total. The summed E-state index contributed by atoms with van der Waals surface area (Å²) >= 11 is 0. The number of hydrogen-bond donors (Lipinski definition) is 2. The molecule has 0 fully saturated rings. The maximum absolute atomic E-state index is 9.73. The first-order valence-corrected chi connectivity index (χ1v) is 6.68. The maximum Gasteiger partial charge on any atom is 0.105 e. The van der Waals surface area contributed by atoms with Crippen molar-refractivity contribution in [3.05, 3.63) is 0 Å². The third-order valence-corrected chi connectivity index (χ3v) is 2.91. The van der Waals surface area contributed by atoms with E-state index in [0.717, 1.165) is 25.7 Å². The Morgan fingerprint density at radius 2 is 1.60 bits per heavy atom. The van der Waals surface area contributed by atoms with Crippen molar-refractivity contribution in [2.75, 3.05) is 0 Å². The first-order valence-electron chi connectivity index (χ1n) is 6.68. The molecule has 2 N–H and O–H groups in total. The van der Waals surface area contributed by atoms with Gasteiger partial charge in [0, 0.05) is 6.04 Å². The first kappa shape index (κ1) is 14.9. The van der Waals surface area contributed by atoms with Gasteiger partial charge in [-0.25, -0.2) is 0 Å². The summed E-state index contributed by atoms with van der Waals surface area (Å²) < 4.78 is 0. The van der Waals surface area contributed by atoms with E-state index in [1.807, 2.05) is 0 Å². The minimum atomic E-state index is -0.295. The van der Waals surface area contributed by atoms with Crippen LogP contribution in [0.3, 0.4) is 0 Å². The van der Waals surface area contributed by atoms with E-state index < -0.39 is 0 Å². The van der Waals surface area contributed by atoms with Crippen molar-refractivity contribution >= 4 is 0 Å². The van der Waals surface area contributed by atoms with E-state index in [-0.39, 0.29) is 6.23 Å². The summed E-state index contributed by atoms with van der Waals surface area (Å²) in [6.07, 6.45) is 9.05. The van der Waals surface area contributed by atoms with Crippen LogP contribution in [0.15, 0.2) is 0 Å². The molecule has 0 saturated heterocycles. The van der Waals surface area contributed by atoms with E-state index in [4.69, 9.17) is 0 Å². The number of unbranched alkanes of at least 4 members (excludes halogenated alkanes) is 3. The lowest BCUT2D eigenvalue weighted by Gasteiger charge is -2.21. The molecule has 0 aliphatic carbocycles. The van der Waals surface area contributed by atoms with Crippen LogP contribution in [0.25, 0.3) is 0 Å². The van der Waals surface area contributed by atoms with Crippen LogP contribution in [-0.4, -0.2) is 17.4 Å². The highest BCUT2D eigenvalue weighted by molar-refractivity contribution is 4.67. The molecule has 0 aliphatic rings. The second-order valence-corrected chi connectivity index (χ2v) is 4.43. The molecule has 2 unspecified atom stereocenters. The fraction of sp³-hybridized carbons (Fsp3) is 1.00. The van der Waals surface area contributed by atoms with Gasteiger partial charge in [-0.1, -0.05) is 46.5 Å². The lowest BCUT2D eigenvalue weighted by molar-refractivity contribution is 0.107. The molecule has 2 heteroatoms. The third kappa shape index (κ3) is 8.88. The molecule has 15 heavy (non-hydrogen) atoms. The molecule has 0 amide bonds. The second-order valence-electron chi connectivity index (χ2n) is 4.43. The van der Waals surface area contributed by atoms with Crippen LogP contribution in [0.4, 0.5) is 0 Å². The molecule has 92 valence electrons. The Kier molecular flexibility index (Phi) is 10.4. The maximum atomic E-state index is 9.73. The minimum absolute atomic E-state index is 0.295. The summed E-state index contributed by atoms with van der Waals surface area (Å²) in [6, 6.07) is 0.503. The van der Waals surface area contributed by atoms with Crippen molar-refractivity contribution in [2.24, 2.45) is 0 Å². The molecule has 0 aromatic rings. The molecule has 0 rings (SSSR count). The molecular weight excluding hydrogens is 186 g/mol. The zero-order chi connectivity index (χ0) is 11.5. The highest BCUT2D eigenvalue weighted by Crippen LogP contribution is 2.08. The quantitative estimate of drug-likeness (QED) is 0.432. The zero-order valence-electron chi connectivity index (χ0n) is 10.8. The van der Waals surface area contributed by atoms with Crippen LogP contribution in [-0.2, 0) is 0 Å². The topological polar surface area (TPSA) is 32.3 Å². The van der Waals surface area contributed by atoms with Gasteiger partial charge < -0.3 is 5.11 Å². The summed E-state index contributed by atoms with van der Waals surface area (Å²) in [4.78, 5) is 0. The molecule has 0 aromatic carbocycles. The second kappa shape index (κ2) is 10.4. The van der Waals surface area contributed by atoms with Crippen molar-refractivity contribution in [3.63, 3.8) is 0 Å². The fourth-order valence-electron chi connectivity index (χ4n) is 1.80. The van der Waals surface area contributed by atoms with Gasteiger partial charge in [-0.2, -0.15) is 0 Å². The van der Waals surface area contributed by atoms with E-state index in [1.165, 1.54) is 25.7 Å². The smallest absolute Gasteiger partial charge is 0.105 e. The Bertz CT molecular complexity index is 128. The predicted octanol–water partition coefficient (Wildman–Crippen LogP) is 3.44. The monoisotopic (exact) mass is 215 g/mol. The van der Waals surface area contributed by atoms with Crippen molar-refractivity contribution in [3.8, 4) is 0 Å². The molecule has 2 atom stereocenters. The largest absolute Gasteiger partial charge is 0.379 e. The van der Waals surface area contributed by atoms with Gasteiger partial charge >= 0.3 is 0 Å². The molecule has 0 spiro atoms. The van der Waals surface area contributed by atoms with Crippen LogP contribution in [0.1, 0.15) is 72.1 Å². The Labute approximate surface area is 95.5 Å². The SMILES string of the molecule is CCCCCC(CC)NC(O)CCCC. The van der Waals surface area contributed by atoms with Crippen molar-refractivity contribution in [2.45, 2.75) is 84.4 Å². The van der Waals surface area contributed by atoms with Crippen LogP contribution in [0, 0.1) is 0 Å². The fourth-order valence-corrected chi connectivity index (χ4v) is 1.80. The Morgan fingerprint density at radius 1 is 0.933 bits per heavy atom. The standard InChI is InChI=1S/C13H29NO/c1-4-7-9-10-12(6-3)14-13(15)11-8-5-2/h12-15H,4-11H2,1-3H3. The highest BCUT2D eigenvalue weighted by atomic mass is 16.3. The lowest BCUT2D eigenvalue weighted by atomic mass is 10.1. The van der Waals surface area contributed by atoms with Gasteiger partial charge in [0.25, 0.3) is 0 Å². The number of aliphatic hydroxyl groups excluding tert-OH is 1. The molecule has 0 radical (unpaired) electrons. The highest BCUT2D eigenvalue weighted by Gasteiger charge is 2.10. The number of nitrogens with one attached hydrogen (secondary N) is 1. The number of aliphatic hydroxyl groups is 1. The van der Waals surface area contributed by atoms with Gasteiger partial charge in [-0.05, 0) is 25.7 Å². The summed E-state index contributed by atoms with van der Waals surface area (Å²) in [7, 11) is 0. The Hall–Kier alpha value is -0.0800. The van der Waals surface area contributed by atoms with Gasteiger partial charge in [0.05, 0.1) is 0 Å². The van der Waals surface area contributed by atoms with E-state index in [0.29, 0.717) is 6.04 Å². The van der Waals surface area contributed by atoms with Gasteiger partial charge in [0.2, 0.25) is 0 Å². The van der Waals surface area contributed by atoms with E-state index in [1.54, 1.807) is 0 Å². The van der Waals surface area contributed by atoms with Gasteiger partial charge in [0.1, 0.15) is 6.23 Å². The van der Waals surface area contributed by atoms with Gasteiger partial charge in [0.15, 0.2) is 0 Å². The number of hydrogen-bond acceptors (Lipinski definition) is 2. The molecule has 0 bridgehead atoms. The molecule has 0 aliphatic heterocycles. The van der Waals surface area contributed by atoms with Crippen LogP contribution in [0.5, 0.6) is 0 Å². The molecule has 0 saturated carbocycles. The summed E-state index contributed by atoms with van der Waals surface area (Å²) in [6.45, 7) is 6.58.